The Kier molecular flexibility index (Phi) is 12.3. The summed E-state index contributed by atoms with van der Waals surface area (Å²) in [6, 6.07) is 35.5. The molecule has 3 heteroatoms. The number of benzene rings is 4. The van der Waals surface area contributed by atoms with E-state index < -0.39 is 0 Å². The minimum atomic E-state index is 0.997. The van der Waals surface area contributed by atoms with Gasteiger partial charge in [-0.15, -0.1) is 0 Å². The Labute approximate surface area is 272 Å². The average Bonchev–Trinajstić information content (AvgIpc) is 3.08. The van der Waals surface area contributed by atoms with Gasteiger partial charge in [-0.2, -0.15) is 0 Å². The molecule has 0 atom stereocenters. The topological polar surface area (TPSA) is 9.72 Å². The van der Waals surface area contributed by atoms with E-state index in [1.807, 2.05) is 0 Å². The van der Waals surface area contributed by atoms with Crippen molar-refractivity contribution in [3.63, 3.8) is 0 Å². The van der Waals surface area contributed by atoms with Crippen LogP contribution in [-0.4, -0.2) is 39.3 Å². The maximum absolute atomic E-state index is 4.10. The third-order valence-corrected chi connectivity index (χ3v) is 8.71. The molecule has 0 amide bonds. The van der Waals surface area contributed by atoms with Crippen LogP contribution in [0.2, 0.25) is 0 Å². The van der Waals surface area contributed by atoms with Crippen LogP contribution in [0.25, 0.3) is 17.7 Å². The molecule has 0 radical (unpaired) electrons. The van der Waals surface area contributed by atoms with Crippen molar-refractivity contribution in [2.24, 2.45) is 0 Å². The van der Waals surface area contributed by atoms with E-state index in [-0.39, 0.29) is 0 Å². The SMILES string of the molecule is C=c1ccc(=C(C=CC=C(c2ccc(N(CC)CC)cc2)c2ccc(N(CC)CC)cc2)c2ccc(N(CC)CC)cc2)cc1. The molecule has 4 aromatic rings. The average molecular weight is 598 g/mol. The molecule has 3 nitrogen and oxygen atoms in total. The van der Waals surface area contributed by atoms with Gasteiger partial charge in [-0.05, 0) is 116 Å². The van der Waals surface area contributed by atoms with E-state index in [1.165, 1.54) is 50.1 Å². The van der Waals surface area contributed by atoms with Gasteiger partial charge in [0, 0.05) is 56.3 Å². The van der Waals surface area contributed by atoms with E-state index >= 15 is 0 Å². The van der Waals surface area contributed by atoms with Crippen LogP contribution in [0.3, 0.4) is 0 Å². The molecule has 0 heterocycles. The lowest BCUT2D eigenvalue weighted by molar-refractivity contribution is 0.866. The molecule has 0 bridgehead atoms. The molecule has 0 saturated heterocycles. The number of hydrogen-bond donors (Lipinski definition) is 0. The smallest absolute Gasteiger partial charge is 0.0366 e. The Hall–Kier alpha value is -4.50. The number of rotatable bonds is 14. The Morgan fingerprint density at radius 1 is 0.489 bits per heavy atom. The summed E-state index contributed by atoms with van der Waals surface area (Å²) in [4.78, 5) is 7.15. The molecule has 4 aromatic carbocycles. The quantitative estimate of drug-likeness (QED) is 0.135. The van der Waals surface area contributed by atoms with E-state index in [9.17, 15) is 0 Å². The first-order chi connectivity index (χ1) is 22.0. The number of hydrogen-bond acceptors (Lipinski definition) is 3. The van der Waals surface area contributed by atoms with Crippen molar-refractivity contribution in [2.75, 3.05) is 54.0 Å². The molecule has 0 unspecified atom stereocenters. The molecule has 0 aliphatic heterocycles. The van der Waals surface area contributed by atoms with Gasteiger partial charge in [-0.25, -0.2) is 0 Å². The van der Waals surface area contributed by atoms with Crippen LogP contribution in [-0.2, 0) is 0 Å². The first-order valence-corrected chi connectivity index (χ1v) is 16.7. The maximum atomic E-state index is 4.10. The van der Waals surface area contributed by atoms with E-state index in [4.69, 9.17) is 0 Å². The van der Waals surface area contributed by atoms with E-state index in [2.05, 4.69) is 178 Å². The third-order valence-electron chi connectivity index (χ3n) is 8.71. The lowest BCUT2D eigenvalue weighted by Gasteiger charge is -2.22. The van der Waals surface area contributed by atoms with Crippen molar-refractivity contribution >= 4 is 34.8 Å². The van der Waals surface area contributed by atoms with Crippen molar-refractivity contribution < 1.29 is 0 Å². The van der Waals surface area contributed by atoms with Crippen LogP contribution in [0, 0.1) is 0 Å². The molecule has 0 N–H and O–H groups in total. The number of anilines is 3. The lowest BCUT2D eigenvalue weighted by Crippen LogP contribution is -2.21. The van der Waals surface area contributed by atoms with Crippen molar-refractivity contribution in [3.05, 3.63) is 142 Å². The van der Waals surface area contributed by atoms with Crippen LogP contribution in [0.5, 0.6) is 0 Å². The molecule has 0 saturated carbocycles. The monoisotopic (exact) mass is 597 g/mol. The van der Waals surface area contributed by atoms with Crippen LogP contribution < -0.4 is 25.1 Å². The molecule has 45 heavy (non-hydrogen) atoms. The van der Waals surface area contributed by atoms with Gasteiger partial charge in [-0.1, -0.05) is 85.5 Å². The summed E-state index contributed by atoms with van der Waals surface area (Å²) in [5.41, 5.74) is 9.76. The largest absolute Gasteiger partial charge is 0.372 e. The lowest BCUT2D eigenvalue weighted by atomic mass is 9.96. The van der Waals surface area contributed by atoms with Crippen molar-refractivity contribution in [2.45, 2.75) is 41.5 Å². The highest BCUT2D eigenvalue weighted by Crippen LogP contribution is 2.28. The third kappa shape index (κ3) is 8.36. The van der Waals surface area contributed by atoms with Gasteiger partial charge in [0.1, 0.15) is 0 Å². The minimum Gasteiger partial charge on any atom is -0.372 e. The Morgan fingerprint density at radius 2 is 0.844 bits per heavy atom. The van der Waals surface area contributed by atoms with Crippen LogP contribution in [0.4, 0.5) is 17.1 Å². The van der Waals surface area contributed by atoms with Gasteiger partial charge in [0.05, 0.1) is 0 Å². The molecular formula is C42H51N3. The van der Waals surface area contributed by atoms with Crippen molar-refractivity contribution in [1.29, 1.82) is 0 Å². The van der Waals surface area contributed by atoms with Crippen LogP contribution in [0.15, 0.2) is 115 Å². The van der Waals surface area contributed by atoms with Crippen molar-refractivity contribution in [1.82, 2.24) is 0 Å². The van der Waals surface area contributed by atoms with Gasteiger partial charge >= 0.3 is 0 Å². The van der Waals surface area contributed by atoms with Gasteiger partial charge in [0.15, 0.2) is 0 Å². The Bertz CT molecular complexity index is 1570. The standard InChI is InChI=1S/C42H51N3/c1-8-43(9-2)38-27-21-35(22-28-38)41(34-19-17-33(7)18-20-34)15-14-16-42(36-23-29-39(30-24-36)44(10-3)11-4)37-25-31-40(32-26-37)45(12-5)13-6/h14-32H,7-13H2,1-6H3. The zero-order valence-corrected chi connectivity index (χ0v) is 28.3. The summed E-state index contributed by atoms with van der Waals surface area (Å²) in [6.07, 6.45) is 6.72. The summed E-state index contributed by atoms with van der Waals surface area (Å²) in [5.74, 6) is 0. The van der Waals surface area contributed by atoms with E-state index in [1.54, 1.807) is 0 Å². The van der Waals surface area contributed by atoms with Gasteiger partial charge < -0.3 is 14.7 Å². The fourth-order valence-corrected chi connectivity index (χ4v) is 5.96. The highest BCUT2D eigenvalue weighted by atomic mass is 15.1. The molecule has 0 aromatic heterocycles. The normalized spacial score (nSPS) is 11.0. The summed E-state index contributed by atoms with van der Waals surface area (Å²) >= 11 is 0. The molecular weight excluding hydrogens is 546 g/mol. The maximum Gasteiger partial charge on any atom is 0.0366 e. The summed E-state index contributed by atoms with van der Waals surface area (Å²) in [5, 5.41) is 2.19. The first-order valence-electron chi connectivity index (χ1n) is 16.7. The molecule has 0 fully saturated rings. The Morgan fingerprint density at radius 3 is 1.20 bits per heavy atom. The highest BCUT2D eigenvalue weighted by molar-refractivity contribution is 5.83. The zero-order valence-electron chi connectivity index (χ0n) is 28.3. The second-order valence-electron chi connectivity index (χ2n) is 11.2. The predicted octanol–water partition coefficient (Wildman–Crippen LogP) is 8.52. The summed E-state index contributed by atoms with van der Waals surface area (Å²) in [7, 11) is 0. The predicted molar refractivity (Wildman–Crippen MR) is 200 cm³/mol. The fourth-order valence-electron chi connectivity index (χ4n) is 5.96. The minimum absolute atomic E-state index is 0.997. The van der Waals surface area contributed by atoms with Crippen LogP contribution >= 0.6 is 0 Å². The molecule has 0 aliphatic rings. The Balaban J connectivity index is 1.80. The zero-order chi connectivity index (χ0) is 32.2. The molecule has 0 spiro atoms. The molecule has 234 valence electrons. The number of allylic oxidation sites excluding steroid dienone is 3. The van der Waals surface area contributed by atoms with Gasteiger partial charge in [0.25, 0.3) is 0 Å². The second-order valence-corrected chi connectivity index (χ2v) is 11.2. The second kappa shape index (κ2) is 16.5. The van der Waals surface area contributed by atoms with Crippen molar-refractivity contribution in [3.8, 4) is 0 Å². The van der Waals surface area contributed by atoms with Crippen LogP contribution in [0.1, 0.15) is 58.2 Å². The van der Waals surface area contributed by atoms with E-state index in [0.717, 1.165) is 44.5 Å². The molecule has 4 rings (SSSR count). The summed E-state index contributed by atoms with van der Waals surface area (Å²) < 4.78 is 0. The number of nitrogens with zero attached hydrogens (tertiary/aromatic N) is 3. The molecule has 0 aliphatic carbocycles. The van der Waals surface area contributed by atoms with Gasteiger partial charge in [0.2, 0.25) is 0 Å². The summed E-state index contributed by atoms with van der Waals surface area (Å²) in [6.45, 7) is 23.3. The fraction of sp³-hybridized carbons (Fsp3) is 0.286. The highest BCUT2D eigenvalue weighted by Gasteiger charge is 2.09. The van der Waals surface area contributed by atoms with E-state index in [0.29, 0.717) is 0 Å². The first kappa shape index (κ1) is 33.4. The van der Waals surface area contributed by atoms with Gasteiger partial charge in [-0.3, -0.25) is 0 Å².